The van der Waals surface area contributed by atoms with Crippen molar-refractivity contribution in [3.05, 3.63) is 0 Å². The van der Waals surface area contributed by atoms with E-state index in [4.69, 9.17) is 9.84 Å². The summed E-state index contributed by atoms with van der Waals surface area (Å²) in [5, 5.41) is 9.16. The molecule has 0 aromatic carbocycles. The van der Waals surface area contributed by atoms with Crippen LogP contribution in [0.4, 0.5) is 0 Å². The minimum atomic E-state index is -0.689. The van der Waals surface area contributed by atoms with Crippen LogP contribution in [0.3, 0.4) is 0 Å². The van der Waals surface area contributed by atoms with Crippen LogP contribution >= 0.6 is 0 Å². The fraction of sp³-hybridized carbons (Fsp3) is 0.909. The molecule has 1 rings (SSSR count). The predicted molar refractivity (Wildman–Crippen MR) is 58.0 cm³/mol. The molecule has 1 N–H and O–H groups in total. The quantitative estimate of drug-likeness (QED) is 0.752. The van der Waals surface area contributed by atoms with Crippen molar-refractivity contribution in [1.82, 2.24) is 4.90 Å². The van der Waals surface area contributed by atoms with Crippen LogP contribution in [0.15, 0.2) is 0 Å². The van der Waals surface area contributed by atoms with E-state index in [9.17, 15) is 4.79 Å². The maximum Gasteiger partial charge on any atom is 0.320 e. The summed E-state index contributed by atoms with van der Waals surface area (Å²) >= 11 is 0. The molecule has 0 aromatic heterocycles. The third kappa shape index (κ3) is 4.18. The van der Waals surface area contributed by atoms with Crippen LogP contribution in [0, 0.1) is 0 Å². The zero-order valence-electron chi connectivity index (χ0n) is 9.45. The summed E-state index contributed by atoms with van der Waals surface area (Å²) in [5.74, 6) is -0.689. The normalized spacial score (nSPS) is 20.9. The second kappa shape index (κ2) is 6.80. The van der Waals surface area contributed by atoms with Crippen LogP contribution in [-0.4, -0.2) is 48.3 Å². The molecule has 0 aromatic rings. The Hall–Kier alpha value is -0.610. The van der Waals surface area contributed by atoms with Crippen molar-refractivity contribution in [3.63, 3.8) is 0 Å². The molecule has 0 amide bonds. The average Bonchev–Trinajstić information content (AvgIpc) is 2.47. The molecule has 1 aliphatic heterocycles. The Bertz CT molecular complexity index is 188. The Labute approximate surface area is 91.2 Å². The molecule has 4 nitrogen and oxygen atoms in total. The highest BCUT2D eigenvalue weighted by atomic mass is 16.5. The van der Waals surface area contributed by atoms with Crippen LogP contribution in [0.1, 0.15) is 32.6 Å². The van der Waals surface area contributed by atoms with E-state index in [1.807, 2.05) is 4.90 Å². The number of carboxylic acids is 1. The lowest BCUT2D eigenvalue weighted by atomic mass is 10.1. The third-order valence-corrected chi connectivity index (χ3v) is 2.81. The molecule has 1 saturated heterocycles. The zero-order chi connectivity index (χ0) is 11.1. The standard InChI is InChI=1S/C11H21NO3/c1-2-3-5-10(11(13)14)12-6-4-8-15-9-7-12/h10H,2-9H2,1H3,(H,13,14). The lowest BCUT2D eigenvalue weighted by Crippen LogP contribution is -2.42. The molecule has 1 atom stereocenters. The zero-order valence-corrected chi connectivity index (χ0v) is 9.45. The van der Waals surface area contributed by atoms with Gasteiger partial charge in [0.1, 0.15) is 6.04 Å². The van der Waals surface area contributed by atoms with Crippen molar-refractivity contribution in [2.24, 2.45) is 0 Å². The smallest absolute Gasteiger partial charge is 0.320 e. The number of nitrogens with zero attached hydrogens (tertiary/aromatic N) is 1. The Balaban J connectivity index is 2.48. The number of hydrogen-bond acceptors (Lipinski definition) is 3. The molecule has 1 aliphatic rings. The Morgan fingerprint density at radius 1 is 1.47 bits per heavy atom. The summed E-state index contributed by atoms with van der Waals surface area (Å²) < 4.78 is 5.32. The van der Waals surface area contributed by atoms with Crippen LogP contribution in [0.5, 0.6) is 0 Å². The van der Waals surface area contributed by atoms with Crippen LogP contribution < -0.4 is 0 Å². The highest BCUT2D eigenvalue weighted by Crippen LogP contribution is 2.11. The molecule has 88 valence electrons. The first kappa shape index (κ1) is 12.5. The largest absolute Gasteiger partial charge is 0.480 e. The summed E-state index contributed by atoms with van der Waals surface area (Å²) in [4.78, 5) is 13.2. The lowest BCUT2D eigenvalue weighted by molar-refractivity contribution is -0.143. The van der Waals surface area contributed by atoms with E-state index >= 15 is 0 Å². The average molecular weight is 215 g/mol. The van der Waals surface area contributed by atoms with Crippen LogP contribution in [0.25, 0.3) is 0 Å². The minimum absolute atomic E-state index is 0.313. The summed E-state index contributed by atoms with van der Waals surface area (Å²) in [6, 6.07) is -0.313. The van der Waals surface area contributed by atoms with Gasteiger partial charge in [-0.25, -0.2) is 0 Å². The minimum Gasteiger partial charge on any atom is -0.480 e. The first-order chi connectivity index (χ1) is 7.25. The molecular weight excluding hydrogens is 194 g/mol. The van der Waals surface area contributed by atoms with Gasteiger partial charge in [0.15, 0.2) is 0 Å². The maximum atomic E-state index is 11.1. The van der Waals surface area contributed by atoms with E-state index in [2.05, 4.69) is 6.92 Å². The van der Waals surface area contributed by atoms with E-state index in [1.54, 1.807) is 0 Å². The van der Waals surface area contributed by atoms with E-state index in [0.29, 0.717) is 6.61 Å². The van der Waals surface area contributed by atoms with Gasteiger partial charge in [-0.3, -0.25) is 9.69 Å². The number of carbonyl (C=O) groups is 1. The van der Waals surface area contributed by atoms with Crippen molar-refractivity contribution in [1.29, 1.82) is 0 Å². The number of aliphatic carboxylic acids is 1. The first-order valence-corrected chi connectivity index (χ1v) is 5.80. The van der Waals surface area contributed by atoms with Gasteiger partial charge in [-0.1, -0.05) is 19.8 Å². The van der Waals surface area contributed by atoms with Crippen molar-refractivity contribution in [3.8, 4) is 0 Å². The summed E-state index contributed by atoms with van der Waals surface area (Å²) in [7, 11) is 0. The fourth-order valence-corrected chi connectivity index (χ4v) is 1.94. The predicted octanol–water partition coefficient (Wildman–Crippen LogP) is 1.35. The molecule has 1 fully saturated rings. The monoisotopic (exact) mass is 215 g/mol. The molecule has 4 heteroatoms. The van der Waals surface area contributed by atoms with Crippen LogP contribution in [0.2, 0.25) is 0 Å². The van der Waals surface area contributed by atoms with Gasteiger partial charge in [0.25, 0.3) is 0 Å². The number of unbranched alkanes of at least 4 members (excludes halogenated alkanes) is 1. The molecule has 15 heavy (non-hydrogen) atoms. The number of ether oxygens (including phenoxy) is 1. The molecule has 0 aliphatic carbocycles. The van der Waals surface area contributed by atoms with Crippen molar-refractivity contribution >= 4 is 5.97 Å². The molecule has 0 saturated carbocycles. The molecule has 0 spiro atoms. The third-order valence-electron chi connectivity index (χ3n) is 2.81. The van der Waals surface area contributed by atoms with E-state index in [-0.39, 0.29) is 6.04 Å². The number of carboxylic acid groups (broad SMARTS) is 1. The van der Waals surface area contributed by atoms with Gasteiger partial charge in [-0.05, 0) is 12.8 Å². The highest BCUT2D eigenvalue weighted by Gasteiger charge is 2.25. The highest BCUT2D eigenvalue weighted by molar-refractivity contribution is 5.73. The van der Waals surface area contributed by atoms with Gasteiger partial charge < -0.3 is 9.84 Å². The summed E-state index contributed by atoms with van der Waals surface area (Å²) in [6.45, 7) is 5.11. The molecule has 1 unspecified atom stereocenters. The van der Waals surface area contributed by atoms with Gasteiger partial charge in [0.05, 0.1) is 6.61 Å². The number of rotatable bonds is 5. The lowest BCUT2D eigenvalue weighted by Gasteiger charge is -2.26. The summed E-state index contributed by atoms with van der Waals surface area (Å²) in [6.07, 6.45) is 3.73. The molecule has 0 radical (unpaired) electrons. The number of hydrogen-bond donors (Lipinski definition) is 1. The first-order valence-electron chi connectivity index (χ1n) is 5.80. The van der Waals surface area contributed by atoms with E-state index in [0.717, 1.165) is 45.4 Å². The van der Waals surface area contributed by atoms with E-state index < -0.39 is 5.97 Å². The second-order valence-corrected chi connectivity index (χ2v) is 4.00. The van der Waals surface area contributed by atoms with Gasteiger partial charge in [0, 0.05) is 19.7 Å². The Morgan fingerprint density at radius 2 is 2.27 bits per heavy atom. The SMILES string of the molecule is CCCCC(C(=O)O)N1CCCOCC1. The summed E-state index contributed by atoms with van der Waals surface area (Å²) in [5.41, 5.74) is 0. The molecule has 0 bridgehead atoms. The fourth-order valence-electron chi connectivity index (χ4n) is 1.94. The topological polar surface area (TPSA) is 49.8 Å². The van der Waals surface area contributed by atoms with Crippen molar-refractivity contribution < 1.29 is 14.6 Å². The molecular formula is C11H21NO3. The second-order valence-electron chi connectivity index (χ2n) is 4.00. The van der Waals surface area contributed by atoms with Gasteiger partial charge in [-0.2, -0.15) is 0 Å². The van der Waals surface area contributed by atoms with Crippen molar-refractivity contribution in [2.45, 2.75) is 38.6 Å². The van der Waals surface area contributed by atoms with Crippen LogP contribution in [-0.2, 0) is 9.53 Å². The van der Waals surface area contributed by atoms with Gasteiger partial charge in [-0.15, -0.1) is 0 Å². The maximum absolute atomic E-state index is 11.1. The van der Waals surface area contributed by atoms with Gasteiger partial charge >= 0.3 is 5.97 Å². The van der Waals surface area contributed by atoms with Gasteiger partial charge in [0.2, 0.25) is 0 Å². The Morgan fingerprint density at radius 3 is 2.93 bits per heavy atom. The Kier molecular flexibility index (Phi) is 5.65. The molecule has 1 heterocycles. The van der Waals surface area contributed by atoms with Crippen molar-refractivity contribution in [2.75, 3.05) is 26.3 Å². The van der Waals surface area contributed by atoms with E-state index in [1.165, 1.54) is 0 Å².